The van der Waals surface area contributed by atoms with Crippen molar-refractivity contribution in [2.75, 3.05) is 4.72 Å². The van der Waals surface area contributed by atoms with Gasteiger partial charge in [0.05, 0.1) is 4.90 Å². The highest BCUT2D eigenvalue weighted by atomic mass is 35.5. The fourth-order valence-corrected chi connectivity index (χ4v) is 2.37. The largest absolute Gasteiger partial charge is 0.264 e. The number of aryl methyl sites for hydroxylation is 1. The Hall–Kier alpha value is -1.66. The quantitative estimate of drug-likeness (QED) is 0.877. The Bertz CT molecular complexity index is 656. The van der Waals surface area contributed by atoms with E-state index in [0.717, 1.165) is 5.56 Å². The van der Waals surface area contributed by atoms with E-state index in [4.69, 9.17) is 11.6 Å². The van der Waals surface area contributed by atoms with Crippen molar-refractivity contribution in [3.05, 3.63) is 47.2 Å². The second kappa shape index (κ2) is 4.91. The topological polar surface area (TPSA) is 72.0 Å². The predicted octanol–water partition coefficient (Wildman–Crippen LogP) is 2.24. The molecule has 18 heavy (non-hydrogen) atoms. The van der Waals surface area contributed by atoms with Crippen molar-refractivity contribution in [2.45, 2.75) is 11.8 Å². The van der Waals surface area contributed by atoms with E-state index in [1.165, 1.54) is 24.4 Å². The average Bonchev–Trinajstić information content (AvgIpc) is 2.29. The van der Waals surface area contributed by atoms with Gasteiger partial charge in [-0.15, -0.1) is 0 Å². The minimum absolute atomic E-state index is 0.0527. The molecule has 1 aromatic carbocycles. The van der Waals surface area contributed by atoms with Crippen LogP contribution >= 0.6 is 11.6 Å². The lowest BCUT2D eigenvalue weighted by atomic mass is 10.2. The highest BCUT2D eigenvalue weighted by molar-refractivity contribution is 7.92. The molecule has 2 rings (SSSR count). The van der Waals surface area contributed by atoms with Crippen LogP contribution in [0.25, 0.3) is 0 Å². The van der Waals surface area contributed by atoms with Gasteiger partial charge < -0.3 is 0 Å². The van der Waals surface area contributed by atoms with Crippen LogP contribution in [0, 0.1) is 6.92 Å². The third-order valence-electron chi connectivity index (χ3n) is 2.18. The normalized spacial score (nSPS) is 11.2. The van der Waals surface area contributed by atoms with E-state index in [-0.39, 0.29) is 16.0 Å². The Labute approximate surface area is 110 Å². The highest BCUT2D eigenvalue weighted by Gasteiger charge is 2.15. The van der Waals surface area contributed by atoms with E-state index >= 15 is 0 Å². The van der Waals surface area contributed by atoms with E-state index in [1.54, 1.807) is 12.1 Å². The van der Waals surface area contributed by atoms with E-state index in [0.29, 0.717) is 0 Å². The molecular formula is C11H10ClN3O2S. The first-order valence-corrected chi connectivity index (χ1v) is 6.91. The van der Waals surface area contributed by atoms with Crippen LogP contribution in [-0.2, 0) is 10.0 Å². The fourth-order valence-electron chi connectivity index (χ4n) is 1.28. The maximum absolute atomic E-state index is 12.0. The molecule has 0 unspecified atom stereocenters. The zero-order valence-electron chi connectivity index (χ0n) is 9.46. The van der Waals surface area contributed by atoms with Crippen LogP contribution in [-0.4, -0.2) is 18.4 Å². The standard InChI is InChI=1S/C11H10ClN3O2S/c1-8-2-4-9(5-3-8)18(16,17)15-11-13-7-6-10(12)14-11/h2-7H,1H3,(H,13,14,15). The van der Waals surface area contributed by atoms with E-state index in [2.05, 4.69) is 14.7 Å². The molecular weight excluding hydrogens is 274 g/mol. The first-order chi connectivity index (χ1) is 8.47. The fraction of sp³-hybridized carbons (Fsp3) is 0.0909. The Morgan fingerprint density at radius 1 is 1.17 bits per heavy atom. The van der Waals surface area contributed by atoms with Gasteiger partial charge in [0.1, 0.15) is 5.15 Å². The number of nitrogens with zero attached hydrogens (tertiary/aromatic N) is 2. The first-order valence-electron chi connectivity index (χ1n) is 5.05. The van der Waals surface area contributed by atoms with Gasteiger partial charge in [-0.25, -0.2) is 23.1 Å². The number of rotatable bonds is 3. The predicted molar refractivity (Wildman–Crippen MR) is 69.0 cm³/mol. The monoisotopic (exact) mass is 283 g/mol. The van der Waals surface area contributed by atoms with Crippen LogP contribution in [0.1, 0.15) is 5.56 Å². The molecule has 1 N–H and O–H groups in total. The van der Waals surface area contributed by atoms with Gasteiger partial charge in [-0.05, 0) is 25.1 Å². The van der Waals surface area contributed by atoms with E-state index in [9.17, 15) is 8.42 Å². The van der Waals surface area contributed by atoms with Gasteiger partial charge in [0.15, 0.2) is 0 Å². The molecule has 0 saturated carbocycles. The molecule has 5 nitrogen and oxygen atoms in total. The molecule has 2 aromatic rings. The number of hydrogen-bond donors (Lipinski definition) is 1. The summed E-state index contributed by atoms with van der Waals surface area (Å²) < 4.78 is 26.2. The number of sulfonamides is 1. The molecule has 0 atom stereocenters. The van der Waals surface area contributed by atoms with Gasteiger partial charge in [0, 0.05) is 6.20 Å². The smallest absolute Gasteiger partial charge is 0.247 e. The zero-order valence-corrected chi connectivity index (χ0v) is 11.0. The lowest BCUT2D eigenvalue weighted by molar-refractivity contribution is 0.601. The molecule has 0 amide bonds. The molecule has 0 saturated heterocycles. The van der Waals surface area contributed by atoms with Crippen LogP contribution in [0.15, 0.2) is 41.4 Å². The van der Waals surface area contributed by atoms with Crippen LogP contribution < -0.4 is 4.72 Å². The van der Waals surface area contributed by atoms with Gasteiger partial charge in [-0.1, -0.05) is 29.3 Å². The molecule has 7 heteroatoms. The number of nitrogens with one attached hydrogen (secondary N) is 1. The molecule has 0 aliphatic carbocycles. The summed E-state index contributed by atoms with van der Waals surface area (Å²) in [6.45, 7) is 1.88. The summed E-state index contributed by atoms with van der Waals surface area (Å²) in [6.07, 6.45) is 1.38. The van der Waals surface area contributed by atoms with Crippen molar-refractivity contribution in [3.8, 4) is 0 Å². The molecule has 94 valence electrons. The molecule has 0 fully saturated rings. The number of aromatic nitrogens is 2. The molecule has 0 radical (unpaired) electrons. The van der Waals surface area contributed by atoms with Crippen LogP contribution in [0.5, 0.6) is 0 Å². The summed E-state index contributed by atoms with van der Waals surface area (Å²) in [5, 5.41) is 0.173. The summed E-state index contributed by atoms with van der Waals surface area (Å²) in [5.74, 6) is -0.0527. The average molecular weight is 284 g/mol. The van der Waals surface area contributed by atoms with Crippen molar-refractivity contribution < 1.29 is 8.42 Å². The van der Waals surface area contributed by atoms with Gasteiger partial charge >= 0.3 is 0 Å². The number of benzene rings is 1. The number of anilines is 1. The summed E-state index contributed by atoms with van der Waals surface area (Å²) in [5.41, 5.74) is 0.980. The number of hydrogen-bond acceptors (Lipinski definition) is 4. The van der Waals surface area contributed by atoms with Crippen molar-refractivity contribution in [1.82, 2.24) is 9.97 Å². The molecule has 0 bridgehead atoms. The Morgan fingerprint density at radius 2 is 1.83 bits per heavy atom. The minimum atomic E-state index is -3.68. The highest BCUT2D eigenvalue weighted by Crippen LogP contribution is 2.14. The van der Waals surface area contributed by atoms with Crippen molar-refractivity contribution in [3.63, 3.8) is 0 Å². The third-order valence-corrected chi connectivity index (χ3v) is 3.73. The molecule has 0 aliphatic heterocycles. The van der Waals surface area contributed by atoms with Crippen molar-refractivity contribution in [2.24, 2.45) is 0 Å². The Balaban J connectivity index is 2.30. The minimum Gasteiger partial charge on any atom is -0.247 e. The SMILES string of the molecule is Cc1ccc(S(=O)(=O)Nc2nccc(Cl)n2)cc1. The van der Waals surface area contributed by atoms with Crippen molar-refractivity contribution in [1.29, 1.82) is 0 Å². The Morgan fingerprint density at radius 3 is 2.44 bits per heavy atom. The molecule has 0 aliphatic rings. The molecule has 1 aromatic heterocycles. The first kappa shape index (κ1) is 12.8. The molecule has 0 spiro atoms. The zero-order chi connectivity index (χ0) is 13.2. The maximum atomic E-state index is 12.0. The van der Waals surface area contributed by atoms with Crippen molar-refractivity contribution >= 4 is 27.6 Å². The van der Waals surface area contributed by atoms with Gasteiger partial charge in [0.25, 0.3) is 10.0 Å². The van der Waals surface area contributed by atoms with Crippen LogP contribution in [0.4, 0.5) is 5.95 Å². The lowest BCUT2D eigenvalue weighted by Gasteiger charge is -2.06. The van der Waals surface area contributed by atoms with Gasteiger partial charge in [-0.2, -0.15) is 0 Å². The second-order valence-electron chi connectivity index (χ2n) is 3.62. The van der Waals surface area contributed by atoms with Crippen LogP contribution in [0.3, 0.4) is 0 Å². The Kier molecular flexibility index (Phi) is 3.49. The molecule has 1 heterocycles. The summed E-state index contributed by atoms with van der Waals surface area (Å²) in [6, 6.07) is 7.93. The van der Waals surface area contributed by atoms with E-state index < -0.39 is 10.0 Å². The summed E-state index contributed by atoms with van der Waals surface area (Å²) in [4.78, 5) is 7.70. The third kappa shape index (κ3) is 2.96. The van der Waals surface area contributed by atoms with Gasteiger partial charge in [-0.3, -0.25) is 0 Å². The summed E-state index contributed by atoms with van der Waals surface area (Å²) in [7, 11) is -3.68. The maximum Gasteiger partial charge on any atom is 0.264 e. The number of halogens is 1. The second-order valence-corrected chi connectivity index (χ2v) is 5.69. The van der Waals surface area contributed by atoms with Crippen LogP contribution in [0.2, 0.25) is 5.15 Å². The van der Waals surface area contributed by atoms with E-state index in [1.807, 2.05) is 6.92 Å². The van der Waals surface area contributed by atoms with Gasteiger partial charge in [0.2, 0.25) is 5.95 Å². The lowest BCUT2D eigenvalue weighted by Crippen LogP contribution is -2.14. The summed E-state index contributed by atoms with van der Waals surface area (Å²) >= 11 is 5.65.